The molecule has 0 unspecified atom stereocenters. The van der Waals surface area contributed by atoms with Crippen molar-refractivity contribution in [2.75, 3.05) is 20.2 Å². The molecule has 0 bridgehead atoms. The first-order chi connectivity index (χ1) is 17.1. The average molecular weight is 514 g/mol. The van der Waals surface area contributed by atoms with Crippen molar-refractivity contribution in [3.05, 3.63) is 75.1 Å². The highest BCUT2D eigenvalue weighted by Crippen LogP contribution is 2.28. The standard InChI is InChI=1S/C26H27NO8S/c1-16-8-9-20-19(14-23(28)35-24(20)17(16)2)15-34-25(29)18-10-12-27(13-11-18)36(31,32)22-7-5-4-6-21(22)26(30)33-3/h4-9,14,18H,10-13,15H2,1-3H3. The van der Waals surface area contributed by atoms with Gasteiger partial charge in [-0.25, -0.2) is 18.0 Å². The Morgan fingerprint density at radius 2 is 1.78 bits per heavy atom. The summed E-state index contributed by atoms with van der Waals surface area (Å²) in [7, 11) is -2.76. The molecule has 2 aromatic carbocycles. The molecule has 1 aliphatic rings. The van der Waals surface area contributed by atoms with E-state index in [1.165, 1.54) is 29.6 Å². The van der Waals surface area contributed by atoms with Gasteiger partial charge >= 0.3 is 17.6 Å². The number of sulfonamides is 1. The van der Waals surface area contributed by atoms with Crippen molar-refractivity contribution in [1.29, 1.82) is 0 Å². The zero-order chi connectivity index (χ0) is 26.0. The summed E-state index contributed by atoms with van der Waals surface area (Å²) in [4.78, 5) is 36.7. The fourth-order valence-electron chi connectivity index (χ4n) is 4.35. The molecule has 36 heavy (non-hydrogen) atoms. The summed E-state index contributed by atoms with van der Waals surface area (Å²) in [6.07, 6.45) is 0.545. The van der Waals surface area contributed by atoms with E-state index in [1.54, 1.807) is 12.1 Å². The van der Waals surface area contributed by atoms with E-state index in [0.717, 1.165) is 11.1 Å². The fourth-order valence-corrected chi connectivity index (χ4v) is 6.00. The number of aryl methyl sites for hydroxylation is 2. The summed E-state index contributed by atoms with van der Waals surface area (Å²) in [5.41, 5.74) is 2.30. The summed E-state index contributed by atoms with van der Waals surface area (Å²) in [5.74, 6) is -1.67. The van der Waals surface area contributed by atoms with Crippen molar-refractivity contribution in [3.63, 3.8) is 0 Å². The number of hydrogen-bond acceptors (Lipinski definition) is 8. The third kappa shape index (κ3) is 4.91. The van der Waals surface area contributed by atoms with E-state index in [2.05, 4.69) is 0 Å². The van der Waals surface area contributed by atoms with E-state index in [9.17, 15) is 22.8 Å². The Hall–Kier alpha value is -3.50. The van der Waals surface area contributed by atoms with Crippen LogP contribution in [-0.4, -0.2) is 44.9 Å². The highest BCUT2D eigenvalue weighted by Gasteiger charge is 2.35. The van der Waals surface area contributed by atoms with Gasteiger partial charge in [-0.2, -0.15) is 4.31 Å². The number of fused-ring (bicyclic) bond motifs is 1. The van der Waals surface area contributed by atoms with Crippen molar-refractivity contribution >= 4 is 32.9 Å². The van der Waals surface area contributed by atoms with E-state index in [4.69, 9.17) is 13.9 Å². The molecular formula is C26H27NO8S. The van der Waals surface area contributed by atoms with Gasteiger partial charge in [0.25, 0.3) is 0 Å². The van der Waals surface area contributed by atoms with Gasteiger partial charge in [-0.3, -0.25) is 4.79 Å². The van der Waals surface area contributed by atoms with Crippen LogP contribution >= 0.6 is 0 Å². The molecule has 1 fully saturated rings. The van der Waals surface area contributed by atoms with Crippen LogP contribution in [0.15, 0.2) is 56.6 Å². The van der Waals surface area contributed by atoms with Crippen LogP contribution in [0.1, 0.15) is 39.9 Å². The Balaban J connectivity index is 1.43. The lowest BCUT2D eigenvalue weighted by Gasteiger charge is -2.30. The van der Waals surface area contributed by atoms with E-state index < -0.39 is 33.5 Å². The molecule has 0 radical (unpaired) electrons. The van der Waals surface area contributed by atoms with Gasteiger partial charge in [0.05, 0.1) is 23.5 Å². The van der Waals surface area contributed by atoms with Crippen molar-refractivity contribution < 1.29 is 31.9 Å². The Morgan fingerprint density at radius 3 is 2.47 bits per heavy atom. The number of hydrogen-bond donors (Lipinski definition) is 0. The van der Waals surface area contributed by atoms with Crippen LogP contribution in [0, 0.1) is 19.8 Å². The molecule has 3 aromatic rings. The maximum atomic E-state index is 13.2. The zero-order valence-electron chi connectivity index (χ0n) is 20.3. The molecule has 2 heterocycles. The van der Waals surface area contributed by atoms with Gasteiger partial charge in [0.15, 0.2) is 0 Å². The number of piperidine rings is 1. The van der Waals surface area contributed by atoms with E-state index in [0.29, 0.717) is 16.5 Å². The van der Waals surface area contributed by atoms with Crippen molar-refractivity contribution in [2.45, 2.75) is 38.2 Å². The summed E-state index contributed by atoms with van der Waals surface area (Å²) in [6, 6.07) is 10.9. The number of carbonyl (C=O) groups is 2. The molecule has 10 heteroatoms. The van der Waals surface area contributed by atoms with E-state index in [1.807, 2.05) is 26.0 Å². The summed E-state index contributed by atoms with van der Waals surface area (Å²) < 4.78 is 43.2. The van der Waals surface area contributed by atoms with Gasteiger partial charge in [-0.15, -0.1) is 0 Å². The maximum absolute atomic E-state index is 13.2. The predicted octanol–water partition coefficient (Wildman–Crippen LogP) is 3.34. The molecule has 0 amide bonds. The first-order valence-corrected chi connectivity index (χ1v) is 12.9. The molecule has 0 saturated carbocycles. The molecular weight excluding hydrogens is 486 g/mol. The van der Waals surface area contributed by atoms with Crippen LogP contribution in [-0.2, 0) is 30.9 Å². The second-order valence-electron chi connectivity index (χ2n) is 8.75. The van der Waals surface area contributed by atoms with Gasteiger partial charge in [-0.1, -0.05) is 24.3 Å². The van der Waals surface area contributed by atoms with Gasteiger partial charge in [0.2, 0.25) is 10.0 Å². The number of benzene rings is 2. The quantitative estimate of drug-likeness (QED) is 0.364. The molecule has 0 spiro atoms. The van der Waals surface area contributed by atoms with Crippen molar-refractivity contribution in [2.24, 2.45) is 5.92 Å². The molecule has 0 aliphatic carbocycles. The van der Waals surface area contributed by atoms with Gasteiger partial charge in [0.1, 0.15) is 12.2 Å². The minimum absolute atomic E-state index is 0.0356. The Labute approximate surface area is 208 Å². The first-order valence-electron chi connectivity index (χ1n) is 11.5. The van der Waals surface area contributed by atoms with Crippen LogP contribution in [0.2, 0.25) is 0 Å². The highest BCUT2D eigenvalue weighted by molar-refractivity contribution is 7.89. The molecule has 9 nitrogen and oxygen atoms in total. The number of carbonyl (C=O) groups excluding carboxylic acids is 2. The smallest absolute Gasteiger partial charge is 0.339 e. The third-order valence-corrected chi connectivity index (χ3v) is 8.54. The molecule has 190 valence electrons. The predicted molar refractivity (Wildman–Crippen MR) is 131 cm³/mol. The molecule has 0 atom stereocenters. The minimum Gasteiger partial charge on any atom is -0.465 e. The number of nitrogens with zero attached hydrogens (tertiary/aromatic N) is 1. The number of esters is 2. The van der Waals surface area contributed by atoms with Gasteiger partial charge < -0.3 is 13.9 Å². The lowest BCUT2D eigenvalue weighted by molar-refractivity contribution is -0.151. The van der Waals surface area contributed by atoms with Crippen molar-refractivity contribution in [1.82, 2.24) is 4.31 Å². The van der Waals surface area contributed by atoms with Crippen LogP contribution in [0.5, 0.6) is 0 Å². The second kappa shape index (κ2) is 10.2. The molecule has 1 saturated heterocycles. The topological polar surface area (TPSA) is 120 Å². The maximum Gasteiger partial charge on any atom is 0.339 e. The fraction of sp³-hybridized carbons (Fsp3) is 0.346. The molecule has 4 rings (SSSR count). The zero-order valence-corrected chi connectivity index (χ0v) is 21.1. The largest absolute Gasteiger partial charge is 0.465 e. The normalized spacial score (nSPS) is 15.1. The lowest BCUT2D eigenvalue weighted by Crippen LogP contribution is -2.41. The molecule has 1 aliphatic heterocycles. The van der Waals surface area contributed by atoms with Gasteiger partial charge in [0, 0.05) is 30.1 Å². The SMILES string of the molecule is COC(=O)c1ccccc1S(=O)(=O)N1CCC(C(=O)OCc2cc(=O)oc3c(C)c(C)ccc23)CC1. The lowest BCUT2D eigenvalue weighted by atomic mass is 9.98. The van der Waals surface area contributed by atoms with Crippen LogP contribution in [0.3, 0.4) is 0 Å². The first kappa shape index (κ1) is 25.6. The van der Waals surface area contributed by atoms with E-state index in [-0.39, 0.29) is 43.0 Å². The van der Waals surface area contributed by atoms with E-state index >= 15 is 0 Å². The van der Waals surface area contributed by atoms with Crippen molar-refractivity contribution in [3.8, 4) is 0 Å². The Morgan fingerprint density at radius 1 is 1.08 bits per heavy atom. The summed E-state index contributed by atoms with van der Waals surface area (Å²) >= 11 is 0. The number of methoxy groups -OCH3 is 1. The van der Waals surface area contributed by atoms with Crippen LogP contribution < -0.4 is 5.63 Å². The van der Waals surface area contributed by atoms with Crippen LogP contribution in [0.25, 0.3) is 11.0 Å². The molecule has 1 aromatic heterocycles. The Kier molecular flexibility index (Phi) is 7.28. The average Bonchev–Trinajstić information content (AvgIpc) is 2.89. The Bertz CT molecular complexity index is 1480. The monoisotopic (exact) mass is 513 g/mol. The second-order valence-corrected chi connectivity index (χ2v) is 10.7. The molecule has 0 N–H and O–H groups in total. The third-order valence-electron chi connectivity index (χ3n) is 6.58. The minimum atomic E-state index is -3.95. The number of rotatable bonds is 6. The van der Waals surface area contributed by atoms with Crippen LogP contribution in [0.4, 0.5) is 0 Å². The summed E-state index contributed by atoms with van der Waals surface area (Å²) in [6.45, 7) is 3.90. The number of ether oxygens (including phenoxy) is 2. The van der Waals surface area contributed by atoms with Gasteiger partial charge in [-0.05, 0) is 49.9 Å². The highest BCUT2D eigenvalue weighted by atomic mass is 32.2. The summed E-state index contributed by atoms with van der Waals surface area (Å²) in [5, 5.41) is 0.704.